The molecule has 1 aliphatic carbocycles. The van der Waals surface area contributed by atoms with Gasteiger partial charge in [0.1, 0.15) is 5.75 Å². The Labute approximate surface area is 210 Å². The quantitative estimate of drug-likeness (QED) is 0.528. The van der Waals surface area contributed by atoms with E-state index in [1.54, 1.807) is 7.11 Å². The molecule has 0 bridgehead atoms. The number of rotatable bonds is 6. The highest BCUT2D eigenvalue weighted by Gasteiger charge is 2.28. The smallest absolute Gasteiger partial charge is 0.332 e. The zero-order valence-corrected chi connectivity index (χ0v) is 22.0. The molecule has 1 heterocycles. The Morgan fingerprint density at radius 3 is 2.50 bits per heavy atom. The van der Waals surface area contributed by atoms with Crippen molar-refractivity contribution >= 4 is 10.0 Å². The van der Waals surface area contributed by atoms with Crippen LogP contribution in [0.1, 0.15) is 49.8 Å². The third kappa shape index (κ3) is 5.02. The van der Waals surface area contributed by atoms with Gasteiger partial charge in [-0.05, 0) is 47.1 Å². The van der Waals surface area contributed by atoms with Crippen molar-refractivity contribution in [2.75, 3.05) is 13.4 Å². The van der Waals surface area contributed by atoms with Crippen LogP contribution in [0.4, 0.5) is 0 Å². The van der Waals surface area contributed by atoms with Crippen molar-refractivity contribution in [2.24, 2.45) is 0 Å². The molecule has 2 N–H and O–H groups in total. The van der Waals surface area contributed by atoms with E-state index in [2.05, 4.69) is 43.1 Å². The lowest BCUT2D eigenvalue weighted by molar-refractivity contribution is 0.399. The molecule has 0 aliphatic heterocycles. The van der Waals surface area contributed by atoms with E-state index in [1.807, 2.05) is 24.3 Å². The SMILES string of the molecule is C=C(NS(C)(=O)=O)[C@H]1CCc2cc(-c3cc(-n4ccc(=O)[nH]c4=O)cc(C(C)(C)C)c3OC)ccc21. The molecule has 0 spiro atoms. The first-order chi connectivity index (χ1) is 16.8. The Balaban J connectivity index is 1.87. The summed E-state index contributed by atoms with van der Waals surface area (Å²) in [5, 5.41) is 0. The van der Waals surface area contributed by atoms with Crippen molar-refractivity contribution in [1.82, 2.24) is 14.3 Å². The minimum atomic E-state index is -3.40. The van der Waals surface area contributed by atoms with Crippen LogP contribution in [0.5, 0.6) is 5.75 Å². The standard InChI is InChI=1S/C27H31N3O5S/c1-16(29-36(6,33)34)20-9-7-17-13-18(8-10-21(17)20)22-14-19(30-12-11-24(31)28-26(30)32)15-23(25(22)35-5)27(2,3)4/h8,10-15,20,29H,1,7,9H2,2-6H3,(H,28,31,32)/t20-/m1/s1. The van der Waals surface area contributed by atoms with Gasteiger partial charge in [0.15, 0.2) is 0 Å². The minimum Gasteiger partial charge on any atom is -0.496 e. The van der Waals surface area contributed by atoms with Crippen LogP contribution in [0.2, 0.25) is 0 Å². The molecule has 0 saturated heterocycles. The number of hydrogen-bond acceptors (Lipinski definition) is 5. The first kappa shape index (κ1) is 25.5. The minimum absolute atomic E-state index is 0.0955. The number of methoxy groups -OCH3 is 1. The van der Waals surface area contributed by atoms with Gasteiger partial charge in [-0.25, -0.2) is 13.2 Å². The molecule has 1 atom stereocenters. The van der Waals surface area contributed by atoms with E-state index in [0.29, 0.717) is 17.1 Å². The molecule has 1 aliphatic rings. The summed E-state index contributed by atoms with van der Waals surface area (Å²) in [5.74, 6) is 0.614. The molecule has 2 aromatic carbocycles. The van der Waals surface area contributed by atoms with Gasteiger partial charge in [-0.3, -0.25) is 19.1 Å². The molecule has 1 aromatic heterocycles. The molecule has 0 radical (unpaired) electrons. The molecule has 0 amide bonds. The van der Waals surface area contributed by atoms with Crippen LogP contribution >= 0.6 is 0 Å². The van der Waals surface area contributed by atoms with Crippen LogP contribution in [0, 0.1) is 0 Å². The largest absolute Gasteiger partial charge is 0.496 e. The zero-order valence-electron chi connectivity index (χ0n) is 21.1. The number of aryl methyl sites for hydroxylation is 1. The van der Waals surface area contributed by atoms with Gasteiger partial charge in [0, 0.05) is 35.0 Å². The first-order valence-corrected chi connectivity index (χ1v) is 13.5. The average Bonchev–Trinajstić information content (AvgIpc) is 3.20. The highest BCUT2D eigenvalue weighted by atomic mass is 32.2. The number of ether oxygens (including phenoxy) is 1. The number of H-pyrrole nitrogens is 1. The monoisotopic (exact) mass is 509 g/mol. The van der Waals surface area contributed by atoms with Crippen molar-refractivity contribution in [3.8, 4) is 22.6 Å². The second kappa shape index (κ2) is 9.13. The normalized spacial score (nSPS) is 15.4. The summed E-state index contributed by atoms with van der Waals surface area (Å²) in [6, 6.07) is 11.2. The van der Waals surface area contributed by atoms with E-state index in [9.17, 15) is 18.0 Å². The highest BCUT2D eigenvalue weighted by molar-refractivity contribution is 7.88. The van der Waals surface area contributed by atoms with Gasteiger partial charge < -0.3 is 4.74 Å². The molecule has 3 aromatic rings. The Kier molecular flexibility index (Phi) is 6.47. The maximum absolute atomic E-state index is 12.6. The Bertz CT molecular complexity index is 1580. The van der Waals surface area contributed by atoms with E-state index in [1.165, 1.54) is 16.8 Å². The summed E-state index contributed by atoms with van der Waals surface area (Å²) in [5.41, 5.74) is 4.61. The fraction of sp³-hybridized carbons (Fsp3) is 0.333. The predicted molar refractivity (Wildman–Crippen MR) is 142 cm³/mol. The third-order valence-corrected chi connectivity index (χ3v) is 7.09. The lowest BCUT2D eigenvalue weighted by Crippen LogP contribution is -2.27. The van der Waals surface area contributed by atoms with Crippen LogP contribution in [-0.4, -0.2) is 31.3 Å². The maximum atomic E-state index is 12.6. The Morgan fingerprint density at radius 1 is 1.17 bits per heavy atom. The average molecular weight is 510 g/mol. The van der Waals surface area contributed by atoms with Crippen LogP contribution in [-0.2, 0) is 21.9 Å². The number of nitrogens with zero attached hydrogens (tertiary/aromatic N) is 1. The summed E-state index contributed by atoms with van der Waals surface area (Å²) in [4.78, 5) is 26.5. The number of aromatic nitrogens is 2. The summed E-state index contributed by atoms with van der Waals surface area (Å²) >= 11 is 0. The highest BCUT2D eigenvalue weighted by Crippen LogP contribution is 2.44. The lowest BCUT2D eigenvalue weighted by Gasteiger charge is -2.26. The number of sulfonamides is 1. The van der Waals surface area contributed by atoms with Crippen LogP contribution < -0.4 is 20.7 Å². The summed E-state index contributed by atoms with van der Waals surface area (Å²) < 4.78 is 33.2. The fourth-order valence-electron chi connectivity index (χ4n) is 4.82. The van der Waals surface area contributed by atoms with Crippen molar-refractivity contribution in [2.45, 2.75) is 44.9 Å². The number of aromatic amines is 1. The van der Waals surface area contributed by atoms with E-state index in [-0.39, 0.29) is 11.3 Å². The topological polar surface area (TPSA) is 110 Å². The van der Waals surface area contributed by atoms with Crippen LogP contribution in [0.25, 0.3) is 16.8 Å². The molecular formula is C27H31N3O5S. The van der Waals surface area contributed by atoms with Crippen molar-refractivity contribution in [1.29, 1.82) is 0 Å². The molecule has 0 fully saturated rings. The Hall–Kier alpha value is -3.59. The molecule has 0 unspecified atom stereocenters. The van der Waals surface area contributed by atoms with Gasteiger partial charge in [0.05, 0.1) is 19.1 Å². The molecule has 190 valence electrons. The number of benzene rings is 2. The van der Waals surface area contributed by atoms with Crippen LogP contribution in [0.15, 0.2) is 64.5 Å². The van der Waals surface area contributed by atoms with Gasteiger partial charge in [-0.2, -0.15) is 0 Å². The van der Waals surface area contributed by atoms with E-state index >= 15 is 0 Å². The maximum Gasteiger partial charge on any atom is 0.332 e. The van der Waals surface area contributed by atoms with E-state index < -0.39 is 21.3 Å². The zero-order chi connectivity index (χ0) is 26.4. The van der Waals surface area contributed by atoms with Crippen molar-refractivity contribution in [3.63, 3.8) is 0 Å². The van der Waals surface area contributed by atoms with Crippen LogP contribution in [0.3, 0.4) is 0 Å². The number of allylic oxidation sites excluding steroid dienone is 1. The van der Waals surface area contributed by atoms with Gasteiger partial charge in [0.25, 0.3) is 5.56 Å². The molecule has 8 nitrogen and oxygen atoms in total. The summed E-state index contributed by atoms with van der Waals surface area (Å²) in [6.45, 7) is 10.2. The molecule has 36 heavy (non-hydrogen) atoms. The predicted octanol–water partition coefficient (Wildman–Crippen LogP) is 3.59. The first-order valence-electron chi connectivity index (χ1n) is 11.6. The second-order valence-corrected chi connectivity index (χ2v) is 12.0. The lowest BCUT2D eigenvalue weighted by atomic mass is 9.83. The fourth-order valence-corrected chi connectivity index (χ4v) is 5.44. The third-order valence-electron chi connectivity index (χ3n) is 6.46. The van der Waals surface area contributed by atoms with E-state index in [4.69, 9.17) is 4.74 Å². The molecule has 4 rings (SSSR count). The van der Waals surface area contributed by atoms with Gasteiger partial charge in [-0.15, -0.1) is 0 Å². The number of hydrogen-bond donors (Lipinski definition) is 2. The Morgan fingerprint density at radius 2 is 1.89 bits per heavy atom. The molecular weight excluding hydrogens is 478 g/mol. The van der Waals surface area contributed by atoms with Crippen molar-refractivity contribution < 1.29 is 13.2 Å². The molecule has 9 heteroatoms. The summed E-state index contributed by atoms with van der Waals surface area (Å²) in [7, 11) is -1.77. The number of fused-ring (bicyclic) bond motifs is 1. The van der Waals surface area contributed by atoms with Gasteiger partial charge >= 0.3 is 5.69 Å². The second-order valence-electron chi connectivity index (χ2n) is 10.2. The molecule has 0 saturated carbocycles. The van der Waals surface area contributed by atoms with Gasteiger partial charge in [-0.1, -0.05) is 45.5 Å². The summed E-state index contributed by atoms with van der Waals surface area (Å²) in [6.07, 6.45) is 4.13. The number of nitrogens with one attached hydrogen (secondary N) is 2. The van der Waals surface area contributed by atoms with Crippen molar-refractivity contribution in [3.05, 3.63) is 92.4 Å². The van der Waals surface area contributed by atoms with Gasteiger partial charge in [0.2, 0.25) is 10.0 Å². The van der Waals surface area contributed by atoms with E-state index in [0.717, 1.165) is 46.9 Å².